The lowest BCUT2D eigenvalue weighted by Crippen LogP contribution is -2.20. The minimum absolute atomic E-state index is 0.0253. The highest BCUT2D eigenvalue weighted by Crippen LogP contribution is 2.39. The third-order valence-corrected chi connectivity index (χ3v) is 7.91. The van der Waals surface area contributed by atoms with E-state index in [1.165, 1.54) is 31.7 Å². The molecule has 3 aromatic carbocycles. The van der Waals surface area contributed by atoms with Crippen molar-refractivity contribution in [1.29, 1.82) is 0 Å². The van der Waals surface area contributed by atoms with Crippen LogP contribution >= 0.6 is 0 Å². The molecule has 1 aliphatic carbocycles. The maximum absolute atomic E-state index is 15.1. The molecule has 0 unspecified atom stereocenters. The van der Waals surface area contributed by atoms with Gasteiger partial charge in [-0.1, -0.05) is 81.0 Å². The largest absolute Gasteiger partial charge is 0.493 e. The zero-order chi connectivity index (χ0) is 27.6. The Morgan fingerprint density at radius 3 is 2.18 bits per heavy atom. The number of unbranched alkanes of at least 4 members (excludes halogenated alkanes) is 5. The number of hydrogen-bond acceptors (Lipinski definition) is 2. The van der Waals surface area contributed by atoms with Crippen LogP contribution in [-0.4, -0.2) is 13.2 Å². The quantitative estimate of drug-likeness (QED) is 0.202. The second-order valence-corrected chi connectivity index (χ2v) is 10.9. The van der Waals surface area contributed by atoms with Gasteiger partial charge in [-0.2, -0.15) is 0 Å². The van der Waals surface area contributed by atoms with Crippen molar-refractivity contribution in [2.75, 3.05) is 13.2 Å². The summed E-state index contributed by atoms with van der Waals surface area (Å²) in [6.07, 6.45) is 10.2. The van der Waals surface area contributed by atoms with E-state index in [1.807, 2.05) is 31.2 Å². The predicted molar refractivity (Wildman–Crippen MR) is 152 cm³/mol. The highest BCUT2D eigenvalue weighted by Gasteiger charge is 2.27. The van der Waals surface area contributed by atoms with Crippen molar-refractivity contribution in [2.45, 2.75) is 84.0 Å². The van der Waals surface area contributed by atoms with Gasteiger partial charge in [0.1, 0.15) is 5.75 Å². The van der Waals surface area contributed by atoms with Gasteiger partial charge in [-0.25, -0.2) is 13.2 Å². The fourth-order valence-corrected chi connectivity index (χ4v) is 5.44. The fourth-order valence-electron chi connectivity index (χ4n) is 5.44. The monoisotopic (exact) mass is 538 g/mol. The third-order valence-electron chi connectivity index (χ3n) is 7.91. The molecule has 5 heteroatoms. The predicted octanol–water partition coefficient (Wildman–Crippen LogP) is 10.2. The number of rotatable bonds is 13. The highest BCUT2D eigenvalue weighted by atomic mass is 19.2. The highest BCUT2D eigenvalue weighted by molar-refractivity contribution is 5.65. The lowest BCUT2D eigenvalue weighted by molar-refractivity contribution is 0.193. The molecule has 0 spiro atoms. The van der Waals surface area contributed by atoms with E-state index in [4.69, 9.17) is 9.47 Å². The van der Waals surface area contributed by atoms with E-state index in [0.29, 0.717) is 35.7 Å². The second kappa shape index (κ2) is 14.4. The summed E-state index contributed by atoms with van der Waals surface area (Å²) in [6, 6.07) is 15.6. The van der Waals surface area contributed by atoms with Crippen molar-refractivity contribution >= 4 is 0 Å². The molecule has 0 bridgehead atoms. The van der Waals surface area contributed by atoms with E-state index in [-0.39, 0.29) is 17.6 Å². The molecule has 0 N–H and O–H groups in total. The Kier molecular flexibility index (Phi) is 10.8. The normalized spacial score (nSPS) is 17.3. The number of aryl methyl sites for hydroxylation is 1. The van der Waals surface area contributed by atoms with Gasteiger partial charge in [0.15, 0.2) is 23.2 Å². The molecule has 2 nitrogen and oxygen atoms in total. The van der Waals surface area contributed by atoms with Crippen molar-refractivity contribution in [3.05, 3.63) is 83.2 Å². The van der Waals surface area contributed by atoms with Crippen molar-refractivity contribution in [1.82, 2.24) is 0 Å². The van der Waals surface area contributed by atoms with Crippen LogP contribution in [0.1, 0.15) is 88.2 Å². The molecule has 0 aliphatic heterocycles. The Labute approximate surface area is 231 Å². The molecule has 210 valence electrons. The molecule has 0 atom stereocenters. The Balaban J connectivity index is 1.23. The third kappa shape index (κ3) is 8.03. The summed E-state index contributed by atoms with van der Waals surface area (Å²) in [5.41, 5.74) is 2.49. The molecule has 3 aromatic rings. The molecule has 1 saturated carbocycles. The van der Waals surface area contributed by atoms with Crippen LogP contribution in [0, 0.1) is 30.3 Å². The van der Waals surface area contributed by atoms with Gasteiger partial charge in [-0.3, -0.25) is 0 Å². The smallest absolute Gasteiger partial charge is 0.168 e. The first-order valence-electron chi connectivity index (χ1n) is 14.6. The van der Waals surface area contributed by atoms with Gasteiger partial charge in [-0.15, -0.1) is 0 Å². The Morgan fingerprint density at radius 2 is 1.46 bits per heavy atom. The first-order valence-corrected chi connectivity index (χ1v) is 14.6. The van der Waals surface area contributed by atoms with Crippen LogP contribution in [0.4, 0.5) is 13.2 Å². The topological polar surface area (TPSA) is 18.5 Å². The standard InChI is InChI=1S/C34H41F3O2/c1-3-4-5-6-7-8-21-38-28-17-20-32(31(35)22-28)39-23-25-11-15-27(16-12-25)30-19-18-29(33(36)34(30)37)26-13-9-24(2)10-14-26/h9-10,13-14,17-20,22,25,27H,3-8,11-12,15-16,21,23H2,1-2H3. The number of halogens is 3. The SMILES string of the molecule is CCCCCCCCOc1ccc(OCC2CCC(c3ccc(-c4ccc(C)cc4)c(F)c3F)CC2)c(F)c1. The van der Waals surface area contributed by atoms with Crippen LogP contribution in [0.5, 0.6) is 11.5 Å². The maximum Gasteiger partial charge on any atom is 0.168 e. The lowest BCUT2D eigenvalue weighted by atomic mass is 9.78. The summed E-state index contributed by atoms with van der Waals surface area (Å²) in [5, 5.41) is 0. The molecule has 1 fully saturated rings. The van der Waals surface area contributed by atoms with Crippen LogP contribution in [0.25, 0.3) is 11.1 Å². The molecule has 4 rings (SSSR count). The first kappa shape index (κ1) is 29.0. The van der Waals surface area contributed by atoms with Crippen LogP contribution in [0.3, 0.4) is 0 Å². The van der Waals surface area contributed by atoms with E-state index in [9.17, 15) is 8.78 Å². The summed E-state index contributed by atoms with van der Waals surface area (Å²) >= 11 is 0. The van der Waals surface area contributed by atoms with Gasteiger partial charge in [0.2, 0.25) is 0 Å². The Hall–Kier alpha value is -2.95. The van der Waals surface area contributed by atoms with Gasteiger partial charge in [-0.05, 0) is 74.1 Å². The van der Waals surface area contributed by atoms with Crippen molar-refractivity contribution < 1.29 is 22.6 Å². The molecule has 0 heterocycles. The van der Waals surface area contributed by atoms with Gasteiger partial charge in [0, 0.05) is 11.6 Å². The van der Waals surface area contributed by atoms with Crippen LogP contribution in [0.15, 0.2) is 54.6 Å². The summed E-state index contributed by atoms with van der Waals surface area (Å²) in [5.74, 6) is -0.965. The minimum Gasteiger partial charge on any atom is -0.493 e. The minimum atomic E-state index is -0.781. The number of hydrogen-bond donors (Lipinski definition) is 0. The lowest BCUT2D eigenvalue weighted by Gasteiger charge is -2.29. The fraction of sp³-hybridized carbons (Fsp3) is 0.471. The summed E-state index contributed by atoms with van der Waals surface area (Å²) in [6.45, 7) is 5.17. The maximum atomic E-state index is 15.1. The molecule has 0 saturated heterocycles. The zero-order valence-electron chi connectivity index (χ0n) is 23.3. The summed E-state index contributed by atoms with van der Waals surface area (Å²) in [4.78, 5) is 0. The molecular weight excluding hydrogens is 497 g/mol. The van der Waals surface area contributed by atoms with Gasteiger partial charge < -0.3 is 9.47 Å². The molecule has 39 heavy (non-hydrogen) atoms. The van der Waals surface area contributed by atoms with Gasteiger partial charge >= 0.3 is 0 Å². The van der Waals surface area contributed by atoms with E-state index in [0.717, 1.165) is 44.1 Å². The number of benzene rings is 3. The molecule has 0 amide bonds. The van der Waals surface area contributed by atoms with Crippen molar-refractivity contribution in [3.8, 4) is 22.6 Å². The van der Waals surface area contributed by atoms with Crippen molar-refractivity contribution in [3.63, 3.8) is 0 Å². The Bertz CT molecular complexity index is 1180. The zero-order valence-corrected chi connectivity index (χ0v) is 23.3. The molecular formula is C34H41F3O2. The van der Waals surface area contributed by atoms with Crippen LogP contribution in [-0.2, 0) is 0 Å². The van der Waals surface area contributed by atoms with E-state index in [1.54, 1.807) is 24.3 Å². The van der Waals surface area contributed by atoms with Gasteiger partial charge in [0.05, 0.1) is 13.2 Å². The van der Waals surface area contributed by atoms with Crippen LogP contribution < -0.4 is 9.47 Å². The average Bonchev–Trinajstić information content (AvgIpc) is 2.94. The summed E-state index contributed by atoms with van der Waals surface area (Å²) < 4.78 is 56.1. The summed E-state index contributed by atoms with van der Waals surface area (Å²) in [7, 11) is 0. The van der Waals surface area contributed by atoms with Crippen molar-refractivity contribution in [2.24, 2.45) is 5.92 Å². The van der Waals surface area contributed by atoms with Crippen LogP contribution in [0.2, 0.25) is 0 Å². The first-order chi connectivity index (χ1) is 19.0. The van der Waals surface area contributed by atoms with E-state index < -0.39 is 17.5 Å². The van der Waals surface area contributed by atoms with E-state index >= 15 is 4.39 Å². The molecule has 0 radical (unpaired) electrons. The molecule has 0 aromatic heterocycles. The number of ether oxygens (including phenoxy) is 2. The van der Waals surface area contributed by atoms with E-state index in [2.05, 4.69) is 6.92 Å². The Morgan fingerprint density at radius 1 is 0.744 bits per heavy atom. The second-order valence-electron chi connectivity index (χ2n) is 10.9. The average molecular weight is 539 g/mol. The van der Waals surface area contributed by atoms with Gasteiger partial charge in [0.25, 0.3) is 0 Å². The molecule has 1 aliphatic rings.